The normalized spacial score (nSPS) is 25.8. The minimum absolute atomic E-state index is 0.0444. The zero-order chi connectivity index (χ0) is 27.4. The number of aliphatic hydroxyl groups excluding tert-OH is 1. The van der Waals surface area contributed by atoms with Crippen molar-refractivity contribution in [2.75, 3.05) is 20.3 Å². The molecule has 2 fully saturated rings. The molecule has 37 heavy (non-hydrogen) atoms. The third-order valence-electron chi connectivity index (χ3n) is 7.40. The van der Waals surface area contributed by atoms with Gasteiger partial charge < -0.3 is 30.3 Å². The molecule has 0 unspecified atom stereocenters. The van der Waals surface area contributed by atoms with Crippen LogP contribution in [0.2, 0.25) is 0 Å². The molecule has 0 spiro atoms. The van der Waals surface area contributed by atoms with Gasteiger partial charge in [0.1, 0.15) is 5.75 Å². The quantitative estimate of drug-likeness (QED) is 0.391. The maximum atomic E-state index is 14.8. The Morgan fingerprint density at radius 1 is 1.11 bits per heavy atom. The largest absolute Gasteiger partial charge is 0.496 e. The lowest BCUT2D eigenvalue weighted by atomic mass is 9.74. The highest BCUT2D eigenvalue weighted by atomic mass is 19.1. The molecule has 2 saturated carbocycles. The van der Waals surface area contributed by atoms with Crippen molar-refractivity contribution in [3.05, 3.63) is 23.5 Å². The second kappa shape index (κ2) is 11.7. The fourth-order valence-electron chi connectivity index (χ4n) is 5.03. The summed E-state index contributed by atoms with van der Waals surface area (Å²) in [6.45, 7) is 6.16. The summed E-state index contributed by atoms with van der Waals surface area (Å²) in [6, 6.07) is 2.02. The average Bonchev–Trinajstić information content (AvgIpc) is 3.31. The van der Waals surface area contributed by atoms with E-state index in [0.29, 0.717) is 32.2 Å². The van der Waals surface area contributed by atoms with E-state index in [1.165, 1.54) is 13.2 Å². The first-order valence-corrected chi connectivity index (χ1v) is 12.9. The molecule has 1 aromatic rings. The van der Waals surface area contributed by atoms with Gasteiger partial charge in [0.15, 0.2) is 11.6 Å². The van der Waals surface area contributed by atoms with Gasteiger partial charge in [-0.15, -0.1) is 0 Å². The molecule has 9 nitrogen and oxygen atoms in total. The molecule has 1 aromatic carbocycles. The highest BCUT2D eigenvalue weighted by molar-refractivity contribution is 5.98. The number of halogens is 1. The summed E-state index contributed by atoms with van der Waals surface area (Å²) in [5.41, 5.74) is -1.18. The number of carbonyl (C=O) groups is 3. The molecule has 0 aliphatic heterocycles. The molecule has 0 heterocycles. The highest BCUT2D eigenvalue weighted by Crippen LogP contribution is 2.39. The molecule has 2 aliphatic rings. The Balaban J connectivity index is 1.70. The third kappa shape index (κ3) is 6.91. The van der Waals surface area contributed by atoms with Crippen LogP contribution >= 0.6 is 0 Å². The average molecular weight is 523 g/mol. The molecule has 0 aromatic heterocycles. The van der Waals surface area contributed by atoms with Crippen LogP contribution in [0.1, 0.15) is 76.1 Å². The van der Waals surface area contributed by atoms with Gasteiger partial charge in [-0.1, -0.05) is 27.2 Å². The van der Waals surface area contributed by atoms with E-state index in [0.717, 1.165) is 12.5 Å². The monoisotopic (exact) mass is 522 g/mol. The number of carboxylic acids is 1. The topological polar surface area (TPSA) is 134 Å². The number of aliphatic hydroxyl groups is 1. The number of nitrogens with one attached hydrogen (secondary N) is 2. The van der Waals surface area contributed by atoms with Crippen LogP contribution in [0.3, 0.4) is 0 Å². The summed E-state index contributed by atoms with van der Waals surface area (Å²) < 4.78 is 25.9. The number of hydrogen-bond acceptors (Lipinski definition) is 6. The molecule has 10 heteroatoms. The van der Waals surface area contributed by atoms with Gasteiger partial charge in [-0.05, 0) is 50.0 Å². The molecule has 0 radical (unpaired) electrons. The number of carboxylic acid groups (broad SMARTS) is 1. The first kappa shape index (κ1) is 28.7. The van der Waals surface area contributed by atoms with Crippen LogP contribution < -0.4 is 20.1 Å². The number of aliphatic carboxylic acids is 1. The van der Waals surface area contributed by atoms with Crippen LogP contribution in [0.4, 0.5) is 4.39 Å². The zero-order valence-corrected chi connectivity index (χ0v) is 22.1. The van der Waals surface area contributed by atoms with E-state index in [4.69, 9.17) is 9.47 Å². The molecular formula is C27H39FN2O7. The molecule has 2 aliphatic carbocycles. The lowest BCUT2D eigenvalue weighted by molar-refractivity contribution is -0.155. The van der Waals surface area contributed by atoms with Crippen molar-refractivity contribution >= 4 is 17.8 Å². The summed E-state index contributed by atoms with van der Waals surface area (Å²) in [7, 11) is 1.34. The lowest BCUT2D eigenvalue weighted by Gasteiger charge is -2.35. The highest BCUT2D eigenvalue weighted by Gasteiger charge is 2.42. The SMILES string of the molecule is COc1cc(F)c(OC2CCC(CO)(C(=O)O)CC2)cc1C(=O)N[C@@H]1CCC[C@@H]1C(=O)NCC(C)(C)C. The second-order valence-electron chi connectivity index (χ2n) is 11.4. The second-order valence-corrected chi connectivity index (χ2v) is 11.4. The van der Waals surface area contributed by atoms with Crippen LogP contribution in [0.5, 0.6) is 11.5 Å². The standard InChI is InChI=1S/C27H39FN2O7/c1-26(2,3)14-29-23(32)17-6-5-7-20(17)30-24(33)18-12-22(19(28)13-21(18)36-4)37-16-8-10-27(15-31,11-9-16)25(34)35/h12-13,16-17,20,31H,5-11,14-15H2,1-4H3,(H,29,32)(H,30,33)(H,34,35)/t16?,17-,20+,27?/m0/s1. The molecule has 0 bridgehead atoms. The number of carbonyl (C=O) groups excluding carboxylic acids is 2. The Hall–Kier alpha value is -2.88. The molecule has 2 amide bonds. The maximum Gasteiger partial charge on any atom is 0.311 e. The summed E-state index contributed by atoms with van der Waals surface area (Å²) in [4.78, 5) is 37.6. The Bertz CT molecular complexity index is 999. The van der Waals surface area contributed by atoms with Gasteiger partial charge in [0.2, 0.25) is 5.91 Å². The van der Waals surface area contributed by atoms with Crippen LogP contribution in [0, 0.1) is 22.6 Å². The van der Waals surface area contributed by atoms with Gasteiger partial charge in [0.05, 0.1) is 36.7 Å². The van der Waals surface area contributed by atoms with Crippen molar-refractivity contribution < 1.29 is 38.5 Å². The molecular weight excluding hydrogens is 483 g/mol. The fourth-order valence-corrected chi connectivity index (χ4v) is 5.03. The van der Waals surface area contributed by atoms with E-state index in [1.54, 1.807) is 0 Å². The number of hydrogen-bond donors (Lipinski definition) is 4. The van der Waals surface area contributed by atoms with Crippen LogP contribution in [-0.4, -0.2) is 60.4 Å². The minimum Gasteiger partial charge on any atom is -0.496 e. The van der Waals surface area contributed by atoms with E-state index in [2.05, 4.69) is 10.6 Å². The first-order valence-electron chi connectivity index (χ1n) is 12.9. The van der Waals surface area contributed by atoms with Crippen molar-refractivity contribution in [2.45, 2.75) is 77.9 Å². The molecule has 206 valence electrons. The Labute approximate surface area is 217 Å². The molecule has 4 N–H and O–H groups in total. The van der Waals surface area contributed by atoms with Gasteiger partial charge >= 0.3 is 5.97 Å². The van der Waals surface area contributed by atoms with Gasteiger partial charge in [-0.3, -0.25) is 14.4 Å². The number of rotatable bonds is 9. The van der Waals surface area contributed by atoms with Crippen molar-refractivity contribution in [3.8, 4) is 11.5 Å². The van der Waals surface area contributed by atoms with E-state index in [-0.39, 0.29) is 53.2 Å². The number of methoxy groups -OCH3 is 1. The summed E-state index contributed by atoms with van der Waals surface area (Å²) >= 11 is 0. The van der Waals surface area contributed by atoms with E-state index in [1.807, 2.05) is 20.8 Å². The Morgan fingerprint density at radius 2 is 1.78 bits per heavy atom. The first-order chi connectivity index (χ1) is 17.4. The van der Waals surface area contributed by atoms with Crippen molar-refractivity contribution in [3.63, 3.8) is 0 Å². The number of benzene rings is 1. The predicted molar refractivity (Wildman–Crippen MR) is 134 cm³/mol. The van der Waals surface area contributed by atoms with Crippen LogP contribution in [0.15, 0.2) is 12.1 Å². The maximum absolute atomic E-state index is 14.8. The van der Waals surface area contributed by atoms with Gasteiger partial charge in [0, 0.05) is 18.7 Å². The van der Waals surface area contributed by atoms with Gasteiger partial charge in [0.25, 0.3) is 5.91 Å². The smallest absolute Gasteiger partial charge is 0.311 e. The van der Waals surface area contributed by atoms with E-state index in [9.17, 15) is 29.0 Å². The molecule has 2 atom stereocenters. The predicted octanol–water partition coefficient (Wildman–Crippen LogP) is 3.28. The van der Waals surface area contributed by atoms with Crippen molar-refractivity contribution in [1.82, 2.24) is 10.6 Å². The van der Waals surface area contributed by atoms with Crippen LogP contribution in [0.25, 0.3) is 0 Å². The van der Waals surface area contributed by atoms with Crippen molar-refractivity contribution in [1.29, 1.82) is 0 Å². The summed E-state index contributed by atoms with van der Waals surface area (Å²) in [6.07, 6.45) is 2.74. The zero-order valence-electron chi connectivity index (χ0n) is 22.1. The molecule has 3 rings (SSSR count). The summed E-state index contributed by atoms with van der Waals surface area (Å²) in [5, 5.41) is 24.9. The molecule has 0 saturated heterocycles. The van der Waals surface area contributed by atoms with E-state index >= 15 is 0 Å². The lowest BCUT2D eigenvalue weighted by Crippen LogP contribution is -2.45. The summed E-state index contributed by atoms with van der Waals surface area (Å²) in [5.74, 6) is -2.78. The number of amides is 2. The van der Waals surface area contributed by atoms with Gasteiger partial charge in [-0.2, -0.15) is 0 Å². The van der Waals surface area contributed by atoms with E-state index < -0.39 is 35.8 Å². The van der Waals surface area contributed by atoms with Gasteiger partial charge in [-0.25, -0.2) is 4.39 Å². The fraction of sp³-hybridized carbons (Fsp3) is 0.667. The Kier molecular flexibility index (Phi) is 9.05. The van der Waals surface area contributed by atoms with Crippen LogP contribution in [-0.2, 0) is 9.59 Å². The van der Waals surface area contributed by atoms with Crippen molar-refractivity contribution in [2.24, 2.45) is 16.7 Å². The third-order valence-corrected chi connectivity index (χ3v) is 7.40. The Morgan fingerprint density at radius 3 is 2.35 bits per heavy atom. The number of ether oxygens (including phenoxy) is 2. The minimum atomic E-state index is -1.21.